The SMILES string of the molecule is O=C(NC1CC1)C(Cl)c1ccc(Cl)cc1Cl. The van der Waals surface area contributed by atoms with E-state index in [0.717, 1.165) is 12.8 Å². The molecule has 0 heterocycles. The number of nitrogens with one attached hydrogen (secondary N) is 1. The molecule has 0 aromatic heterocycles. The minimum absolute atomic E-state index is 0.201. The van der Waals surface area contributed by atoms with Crippen LogP contribution in [0.2, 0.25) is 10.0 Å². The molecule has 1 N–H and O–H groups in total. The van der Waals surface area contributed by atoms with Crippen LogP contribution in [0.5, 0.6) is 0 Å². The smallest absolute Gasteiger partial charge is 0.242 e. The van der Waals surface area contributed by atoms with E-state index in [1.54, 1.807) is 18.2 Å². The van der Waals surface area contributed by atoms with Gasteiger partial charge in [0.05, 0.1) is 0 Å². The van der Waals surface area contributed by atoms with Gasteiger partial charge in [-0.3, -0.25) is 4.79 Å². The molecule has 2 nitrogen and oxygen atoms in total. The Hall–Kier alpha value is -0.440. The summed E-state index contributed by atoms with van der Waals surface area (Å²) in [7, 11) is 0. The first kappa shape index (κ1) is 12.0. The molecule has 0 bridgehead atoms. The van der Waals surface area contributed by atoms with Gasteiger partial charge in [0.1, 0.15) is 5.38 Å². The Labute approximate surface area is 109 Å². The predicted octanol–water partition coefficient (Wildman–Crippen LogP) is 3.55. The lowest BCUT2D eigenvalue weighted by Gasteiger charge is -2.11. The first-order valence-corrected chi connectivity index (χ1v) is 6.16. The highest BCUT2D eigenvalue weighted by atomic mass is 35.5. The summed E-state index contributed by atoms with van der Waals surface area (Å²) in [5.41, 5.74) is 0.589. The van der Waals surface area contributed by atoms with E-state index < -0.39 is 5.38 Å². The standard InChI is InChI=1S/C11H10Cl3NO/c12-6-1-4-8(9(13)5-6)10(14)11(16)15-7-2-3-7/h1,4-5,7,10H,2-3H2,(H,15,16). The van der Waals surface area contributed by atoms with Crippen LogP contribution >= 0.6 is 34.8 Å². The van der Waals surface area contributed by atoms with Crippen molar-refractivity contribution >= 4 is 40.7 Å². The highest BCUT2D eigenvalue weighted by Crippen LogP contribution is 2.31. The van der Waals surface area contributed by atoms with E-state index in [9.17, 15) is 4.79 Å². The molecular formula is C11H10Cl3NO. The average Bonchev–Trinajstić information content (AvgIpc) is 3.00. The van der Waals surface area contributed by atoms with E-state index in [1.807, 2.05) is 0 Å². The van der Waals surface area contributed by atoms with Crippen molar-refractivity contribution in [1.29, 1.82) is 0 Å². The summed E-state index contributed by atoms with van der Waals surface area (Å²) in [6, 6.07) is 5.22. The number of rotatable bonds is 3. The molecular weight excluding hydrogens is 268 g/mol. The monoisotopic (exact) mass is 277 g/mol. The second-order valence-corrected chi connectivity index (χ2v) is 5.09. The lowest BCUT2D eigenvalue weighted by atomic mass is 10.1. The Bertz CT molecular complexity index is 418. The fraction of sp³-hybridized carbons (Fsp3) is 0.364. The van der Waals surface area contributed by atoms with Gasteiger partial charge in [-0.1, -0.05) is 29.3 Å². The van der Waals surface area contributed by atoms with Crippen LogP contribution in [-0.4, -0.2) is 11.9 Å². The van der Waals surface area contributed by atoms with Gasteiger partial charge in [-0.05, 0) is 30.5 Å². The molecule has 0 radical (unpaired) electrons. The van der Waals surface area contributed by atoms with Crippen molar-refractivity contribution in [2.45, 2.75) is 24.3 Å². The van der Waals surface area contributed by atoms with Crippen LogP contribution in [0.15, 0.2) is 18.2 Å². The quantitative estimate of drug-likeness (QED) is 0.842. The molecule has 86 valence electrons. The van der Waals surface area contributed by atoms with E-state index in [1.165, 1.54) is 0 Å². The zero-order valence-electron chi connectivity index (χ0n) is 8.34. The molecule has 0 saturated heterocycles. The summed E-state index contributed by atoms with van der Waals surface area (Å²) in [6.07, 6.45) is 2.06. The molecule has 1 aromatic carbocycles. The zero-order valence-corrected chi connectivity index (χ0v) is 10.6. The zero-order chi connectivity index (χ0) is 11.7. The summed E-state index contributed by atoms with van der Waals surface area (Å²) in [5, 5.41) is 3.02. The van der Waals surface area contributed by atoms with Crippen LogP contribution < -0.4 is 5.32 Å². The second-order valence-electron chi connectivity index (χ2n) is 3.81. The maximum atomic E-state index is 11.7. The Morgan fingerprint density at radius 2 is 2.06 bits per heavy atom. The van der Waals surface area contributed by atoms with Crippen LogP contribution in [0.3, 0.4) is 0 Å². The summed E-state index contributed by atoms with van der Waals surface area (Å²) < 4.78 is 0. The van der Waals surface area contributed by atoms with Gasteiger partial charge >= 0.3 is 0 Å². The molecule has 0 aliphatic heterocycles. The third-order valence-corrected chi connectivity index (χ3v) is 3.39. The van der Waals surface area contributed by atoms with Crippen LogP contribution in [0.25, 0.3) is 0 Å². The van der Waals surface area contributed by atoms with E-state index in [-0.39, 0.29) is 5.91 Å². The highest BCUT2D eigenvalue weighted by molar-refractivity contribution is 6.37. The van der Waals surface area contributed by atoms with Crippen LogP contribution in [-0.2, 0) is 4.79 Å². The third kappa shape index (κ3) is 2.82. The lowest BCUT2D eigenvalue weighted by molar-refractivity contribution is -0.121. The first-order valence-electron chi connectivity index (χ1n) is 4.97. The normalized spacial score (nSPS) is 16.9. The molecule has 1 atom stereocenters. The maximum Gasteiger partial charge on any atom is 0.242 e. The Morgan fingerprint density at radius 3 is 2.62 bits per heavy atom. The van der Waals surface area contributed by atoms with E-state index in [4.69, 9.17) is 34.8 Å². The third-order valence-electron chi connectivity index (χ3n) is 2.39. The number of halogens is 3. The van der Waals surface area contributed by atoms with Crippen LogP contribution in [0.4, 0.5) is 0 Å². The average molecular weight is 279 g/mol. The van der Waals surface area contributed by atoms with Gasteiger partial charge in [-0.25, -0.2) is 0 Å². The highest BCUT2D eigenvalue weighted by Gasteiger charge is 2.28. The number of benzene rings is 1. The molecule has 1 aliphatic rings. The number of hydrogen-bond donors (Lipinski definition) is 1. The minimum Gasteiger partial charge on any atom is -0.352 e. The molecule has 1 amide bonds. The fourth-order valence-electron chi connectivity index (χ4n) is 1.35. The van der Waals surface area contributed by atoms with Crippen molar-refractivity contribution in [3.63, 3.8) is 0 Å². The van der Waals surface area contributed by atoms with Gasteiger partial charge < -0.3 is 5.32 Å². The van der Waals surface area contributed by atoms with Crippen molar-refractivity contribution in [3.05, 3.63) is 33.8 Å². The molecule has 1 aromatic rings. The summed E-state index contributed by atoms with van der Waals surface area (Å²) in [6.45, 7) is 0. The van der Waals surface area contributed by atoms with E-state index >= 15 is 0 Å². The van der Waals surface area contributed by atoms with Crippen LogP contribution in [0.1, 0.15) is 23.8 Å². The number of carbonyl (C=O) groups is 1. The molecule has 0 spiro atoms. The van der Waals surface area contributed by atoms with Crippen LogP contribution in [0, 0.1) is 0 Å². The molecule has 1 unspecified atom stereocenters. The van der Waals surface area contributed by atoms with Gasteiger partial charge in [0.25, 0.3) is 0 Å². The van der Waals surface area contributed by atoms with Crippen molar-refractivity contribution in [1.82, 2.24) is 5.32 Å². The molecule has 1 saturated carbocycles. The molecule has 5 heteroatoms. The summed E-state index contributed by atoms with van der Waals surface area (Å²) >= 11 is 17.8. The first-order chi connectivity index (χ1) is 7.58. The minimum atomic E-state index is -0.759. The largest absolute Gasteiger partial charge is 0.352 e. The molecule has 16 heavy (non-hydrogen) atoms. The van der Waals surface area contributed by atoms with Gasteiger partial charge in [-0.15, -0.1) is 11.6 Å². The second kappa shape index (κ2) is 4.82. The Balaban J connectivity index is 2.12. The topological polar surface area (TPSA) is 29.1 Å². The Kier molecular flexibility index (Phi) is 3.63. The van der Waals surface area contributed by atoms with E-state index in [2.05, 4.69) is 5.32 Å². The predicted molar refractivity (Wildman–Crippen MR) is 66.2 cm³/mol. The van der Waals surface area contributed by atoms with Crippen molar-refractivity contribution < 1.29 is 4.79 Å². The van der Waals surface area contributed by atoms with Crippen molar-refractivity contribution in [2.24, 2.45) is 0 Å². The van der Waals surface area contributed by atoms with Crippen molar-refractivity contribution in [3.8, 4) is 0 Å². The van der Waals surface area contributed by atoms with Crippen molar-refractivity contribution in [2.75, 3.05) is 0 Å². The number of hydrogen-bond acceptors (Lipinski definition) is 1. The maximum absolute atomic E-state index is 11.7. The number of alkyl halides is 1. The van der Waals surface area contributed by atoms with Gasteiger partial charge in [0.15, 0.2) is 0 Å². The Morgan fingerprint density at radius 1 is 1.38 bits per heavy atom. The molecule has 1 aliphatic carbocycles. The molecule has 1 fully saturated rings. The summed E-state index contributed by atoms with van der Waals surface area (Å²) in [4.78, 5) is 11.7. The number of carbonyl (C=O) groups excluding carboxylic acids is 1. The van der Waals surface area contributed by atoms with Gasteiger partial charge in [0, 0.05) is 16.1 Å². The lowest BCUT2D eigenvalue weighted by Crippen LogP contribution is -2.28. The summed E-state index contributed by atoms with van der Waals surface area (Å²) in [5.74, 6) is -0.201. The van der Waals surface area contributed by atoms with E-state index in [0.29, 0.717) is 21.7 Å². The number of amides is 1. The van der Waals surface area contributed by atoms with Gasteiger partial charge in [0.2, 0.25) is 5.91 Å². The fourth-order valence-corrected chi connectivity index (χ4v) is 2.18. The van der Waals surface area contributed by atoms with Gasteiger partial charge in [-0.2, -0.15) is 0 Å². The molecule has 2 rings (SSSR count).